The number of benzene rings is 2. The fourth-order valence-corrected chi connectivity index (χ4v) is 1.77. The number of amides is 2. The van der Waals surface area contributed by atoms with E-state index in [0.717, 1.165) is 5.56 Å². The summed E-state index contributed by atoms with van der Waals surface area (Å²) >= 11 is 0. The van der Waals surface area contributed by atoms with Crippen LogP contribution in [-0.4, -0.2) is 17.0 Å². The molecule has 0 saturated heterocycles. The molecule has 3 N–H and O–H groups in total. The van der Waals surface area contributed by atoms with Gasteiger partial charge in [-0.15, -0.1) is 0 Å². The van der Waals surface area contributed by atoms with Gasteiger partial charge in [-0.25, -0.2) is 4.79 Å². The van der Waals surface area contributed by atoms with E-state index < -0.39 is 0 Å². The summed E-state index contributed by atoms with van der Waals surface area (Å²) in [5, 5.41) is 25.9. The number of hydrogen-bond donors (Lipinski definition) is 3. The molecule has 0 unspecified atom stereocenters. The van der Waals surface area contributed by atoms with Crippen LogP contribution >= 0.6 is 0 Å². The monoisotopic (exact) mass is 294 g/mol. The highest BCUT2D eigenvalue weighted by molar-refractivity contribution is 6.01. The second-order valence-electron chi connectivity index (χ2n) is 4.53. The maximum absolute atomic E-state index is 11.9. The van der Waals surface area contributed by atoms with E-state index in [1.807, 2.05) is 6.07 Å². The van der Waals surface area contributed by atoms with Crippen molar-refractivity contribution in [2.45, 2.75) is 6.92 Å². The Hall–Kier alpha value is -3.33. The minimum atomic E-state index is -0.384. The average Bonchev–Trinajstić information content (AvgIpc) is 2.55. The molecule has 6 heteroatoms. The first kappa shape index (κ1) is 15.1. The van der Waals surface area contributed by atoms with Crippen molar-refractivity contribution in [3.8, 4) is 6.07 Å². The number of rotatable bonds is 3. The molecular weight excluding hydrogens is 280 g/mol. The SMILES string of the molecule is C/C(=N\O)c1ccc(NC(=O)Nc2ccc(C#N)cc2)cc1. The van der Waals surface area contributed by atoms with Gasteiger partial charge >= 0.3 is 6.03 Å². The first-order valence-corrected chi connectivity index (χ1v) is 6.49. The Morgan fingerprint density at radius 3 is 2.00 bits per heavy atom. The lowest BCUT2D eigenvalue weighted by molar-refractivity contribution is 0.262. The van der Waals surface area contributed by atoms with Gasteiger partial charge < -0.3 is 15.8 Å². The summed E-state index contributed by atoms with van der Waals surface area (Å²) in [5.74, 6) is 0. The fraction of sp³-hybridized carbons (Fsp3) is 0.0625. The van der Waals surface area contributed by atoms with E-state index in [1.165, 1.54) is 0 Å². The second kappa shape index (κ2) is 6.90. The van der Waals surface area contributed by atoms with Crippen molar-refractivity contribution in [1.29, 1.82) is 5.26 Å². The van der Waals surface area contributed by atoms with Gasteiger partial charge in [0.2, 0.25) is 0 Å². The Morgan fingerprint density at radius 2 is 1.55 bits per heavy atom. The van der Waals surface area contributed by atoms with Crippen LogP contribution in [0.5, 0.6) is 0 Å². The van der Waals surface area contributed by atoms with Crippen molar-refractivity contribution < 1.29 is 10.0 Å². The van der Waals surface area contributed by atoms with Crippen molar-refractivity contribution in [2.75, 3.05) is 10.6 Å². The fourth-order valence-electron chi connectivity index (χ4n) is 1.77. The number of oxime groups is 1. The van der Waals surface area contributed by atoms with Crippen LogP contribution in [0, 0.1) is 11.3 Å². The topological polar surface area (TPSA) is 97.5 Å². The zero-order valence-corrected chi connectivity index (χ0v) is 11.9. The van der Waals surface area contributed by atoms with Crippen LogP contribution in [-0.2, 0) is 0 Å². The number of carbonyl (C=O) groups is 1. The summed E-state index contributed by atoms with van der Waals surface area (Å²) in [6.07, 6.45) is 0. The zero-order valence-electron chi connectivity index (χ0n) is 11.9. The predicted molar refractivity (Wildman–Crippen MR) is 84.2 cm³/mol. The molecule has 0 aromatic heterocycles. The van der Waals surface area contributed by atoms with E-state index in [-0.39, 0.29) is 6.03 Å². The summed E-state index contributed by atoms with van der Waals surface area (Å²) in [6.45, 7) is 1.68. The number of hydrogen-bond acceptors (Lipinski definition) is 4. The van der Waals surface area contributed by atoms with E-state index in [9.17, 15) is 4.79 Å². The highest BCUT2D eigenvalue weighted by atomic mass is 16.4. The van der Waals surface area contributed by atoms with Gasteiger partial charge in [0.05, 0.1) is 17.3 Å². The molecule has 6 nitrogen and oxygen atoms in total. The van der Waals surface area contributed by atoms with E-state index in [4.69, 9.17) is 10.5 Å². The molecule has 2 amide bonds. The Bertz CT molecular complexity index is 728. The van der Waals surface area contributed by atoms with Gasteiger partial charge in [-0.2, -0.15) is 5.26 Å². The van der Waals surface area contributed by atoms with Crippen LogP contribution in [0.4, 0.5) is 16.2 Å². The molecular formula is C16H14N4O2. The summed E-state index contributed by atoms with van der Waals surface area (Å²) in [5.41, 5.74) is 2.99. The van der Waals surface area contributed by atoms with Gasteiger partial charge in [-0.3, -0.25) is 0 Å². The maximum Gasteiger partial charge on any atom is 0.323 e. The Labute approximate surface area is 127 Å². The molecule has 2 aromatic carbocycles. The lowest BCUT2D eigenvalue weighted by atomic mass is 10.1. The van der Waals surface area contributed by atoms with Crippen molar-refractivity contribution in [3.63, 3.8) is 0 Å². The minimum Gasteiger partial charge on any atom is -0.411 e. The van der Waals surface area contributed by atoms with Gasteiger partial charge in [0, 0.05) is 11.4 Å². The van der Waals surface area contributed by atoms with Gasteiger partial charge in [0.1, 0.15) is 0 Å². The number of nitriles is 1. The molecule has 0 aliphatic carbocycles. The van der Waals surface area contributed by atoms with Crippen LogP contribution in [0.25, 0.3) is 0 Å². The molecule has 0 saturated carbocycles. The Kier molecular flexibility index (Phi) is 4.73. The molecule has 0 spiro atoms. The summed E-state index contributed by atoms with van der Waals surface area (Å²) < 4.78 is 0. The predicted octanol–water partition coefficient (Wildman–Crippen LogP) is 3.40. The number of urea groups is 1. The zero-order chi connectivity index (χ0) is 15.9. The number of nitrogens with zero attached hydrogens (tertiary/aromatic N) is 2. The van der Waals surface area contributed by atoms with Crippen molar-refractivity contribution >= 4 is 23.1 Å². The third-order valence-electron chi connectivity index (χ3n) is 2.98. The van der Waals surface area contributed by atoms with Crippen LogP contribution in [0.15, 0.2) is 53.7 Å². The van der Waals surface area contributed by atoms with Crippen molar-refractivity contribution in [3.05, 3.63) is 59.7 Å². The van der Waals surface area contributed by atoms with Crippen molar-refractivity contribution in [2.24, 2.45) is 5.16 Å². The summed E-state index contributed by atoms with van der Waals surface area (Å²) in [7, 11) is 0. The van der Waals surface area contributed by atoms with E-state index in [2.05, 4.69) is 15.8 Å². The van der Waals surface area contributed by atoms with Crippen LogP contribution in [0.2, 0.25) is 0 Å². The third-order valence-corrected chi connectivity index (χ3v) is 2.98. The Morgan fingerprint density at radius 1 is 1.05 bits per heavy atom. The number of anilines is 2. The first-order chi connectivity index (χ1) is 10.6. The van der Waals surface area contributed by atoms with Crippen molar-refractivity contribution in [1.82, 2.24) is 0 Å². The largest absolute Gasteiger partial charge is 0.411 e. The molecule has 0 fully saturated rings. The van der Waals surface area contributed by atoms with E-state index in [0.29, 0.717) is 22.6 Å². The van der Waals surface area contributed by atoms with E-state index in [1.54, 1.807) is 55.5 Å². The van der Waals surface area contributed by atoms with Crippen LogP contribution in [0.3, 0.4) is 0 Å². The molecule has 0 heterocycles. The van der Waals surface area contributed by atoms with Gasteiger partial charge in [0.25, 0.3) is 0 Å². The average molecular weight is 294 g/mol. The van der Waals surface area contributed by atoms with E-state index >= 15 is 0 Å². The number of carbonyl (C=O) groups excluding carboxylic acids is 1. The second-order valence-corrected chi connectivity index (χ2v) is 4.53. The lowest BCUT2D eigenvalue weighted by Crippen LogP contribution is -2.19. The molecule has 0 atom stereocenters. The molecule has 0 radical (unpaired) electrons. The number of nitrogens with one attached hydrogen (secondary N) is 2. The highest BCUT2D eigenvalue weighted by Gasteiger charge is 2.04. The van der Waals surface area contributed by atoms with Gasteiger partial charge in [-0.1, -0.05) is 17.3 Å². The molecule has 2 rings (SSSR count). The summed E-state index contributed by atoms with van der Waals surface area (Å²) in [4.78, 5) is 11.9. The molecule has 0 bridgehead atoms. The Balaban J connectivity index is 1.98. The van der Waals surface area contributed by atoms with Crippen LogP contribution < -0.4 is 10.6 Å². The molecule has 0 aliphatic heterocycles. The third kappa shape index (κ3) is 3.84. The lowest BCUT2D eigenvalue weighted by Gasteiger charge is -2.08. The quantitative estimate of drug-likeness (QED) is 0.459. The van der Waals surface area contributed by atoms with Crippen LogP contribution in [0.1, 0.15) is 18.1 Å². The molecule has 110 valence electrons. The maximum atomic E-state index is 11.9. The normalized spacial score (nSPS) is 10.6. The minimum absolute atomic E-state index is 0.384. The van der Waals surface area contributed by atoms with Gasteiger partial charge in [0.15, 0.2) is 0 Å². The molecule has 22 heavy (non-hydrogen) atoms. The first-order valence-electron chi connectivity index (χ1n) is 6.49. The van der Waals surface area contributed by atoms with Gasteiger partial charge in [-0.05, 0) is 48.9 Å². The molecule has 0 aliphatic rings. The smallest absolute Gasteiger partial charge is 0.323 e. The standard InChI is InChI=1S/C16H14N4O2/c1-11(20-22)13-4-8-15(9-5-13)19-16(21)18-14-6-2-12(10-17)3-7-14/h2-9,22H,1H3,(H2,18,19,21)/b20-11+. The molecule has 2 aromatic rings. The summed E-state index contributed by atoms with van der Waals surface area (Å²) in [6, 6.07) is 15.1. The highest BCUT2D eigenvalue weighted by Crippen LogP contribution is 2.12.